The first-order chi connectivity index (χ1) is 8.73. The van der Waals surface area contributed by atoms with Gasteiger partial charge in [0.1, 0.15) is 5.82 Å². The van der Waals surface area contributed by atoms with Crippen LogP contribution in [0.4, 0.5) is 5.82 Å². The number of rotatable bonds is 5. The fourth-order valence-electron chi connectivity index (χ4n) is 1.29. The number of hydrogen-bond acceptors (Lipinski definition) is 4. The van der Waals surface area contributed by atoms with Crippen molar-refractivity contribution in [1.29, 1.82) is 0 Å². The molecule has 1 amide bonds. The van der Waals surface area contributed by atoms with E-state index in [1.54, 1.807) is 12.3 Å². The third-order valence-electron chi connectivity index (χ3n) is 2.40. The topological polar surface area (TPSA) is 82.6 Å². The van der Waals surface area contributed by atoms with Crippen molar-refractivity contribution < 1.29 is 13.2 Å². The number of likely N-dealkylation sites (N-methyl/N-ethyl adjacent to an activating group) is 1. The van der Waals surface area contributed by atoms with E-state index in [0.717, 1.165) is 14.2 Å². The van der Waals surface area contributed by atoms with Crippen LogP contribution in [0.1, 0.15) is 5.56 Å². The van der Waals surface area contributed by atoms with Gasteiger partial charge >= 0.3 is 0 Å². The van der Waals surface area contributed by atoms with Crippen molar-refractivity contribution in [2.24, 2.45) is 0 Å². The van der Waals surface area contributed by atoms with Gasteiger partial charge in [-0.3, -0.25) is 4.79 Å². The van der Waals surface area contributed by atoms with Crippen LogP contribution in [0.15, 0.2) is 18.3 Å². The molecule has 0 aliphatic heterocycles. The van der Waals surface area contributed by atoms with Crippen molar-refractivity contribution in [3.63, 3.8) is 0 Å². The molecule has 0 aliphatic rings. The van der Waals surface area contributed by atoms with Gasteiger partial charge in [0, 0.05) is 27.3 Å². The summed E-state index contributed by atoms with van der Waals surface area (Å²) in [6, 6.07) is 3.47. The smallest absolute Gasteiger partial charge is 0.281 e. The van der Waals surface area contributed by atoms with E-state index < -0.39 is 16.1 Å². The van der Waals surface area contributed by atoms with Gasteiger partial charge in [0.2, 0.25) is 5.91 Å². The molecule has 0 bridgehead atoms. The Kier molecular flexibility index (Phi) is 4.98. The van der Waals surface area contributed by atoms with Crippen LogP contribution in [-0.2, 0) is 15.0 Å². The summed E-state index contributed by atoms with van der Waals surface area (Å²) < 4.78 is 25.5. The molecule has 0 spiro atoms. The SMILES string of the molecule is Cc1ccc(NC(=O)CN(C)S(=O)(=O)N(C)C)nc1. The average Bonchev–Trinajstić information content (AvgIpc) is 2.31. The zero-order chi connectivity index (χ0) is 14.6. The third-order valence-corrected chi connectivity index (χ3v) is 4.24. The number of aromatic nitrogens is 1. The van der Waals surface area contributed by atoms with Crippen LogP contribution in [0.5, 0.6) is 0 Å². The Morgan fingerprint density at radius 3 is 2.42 bits per heavy atom. The minimum absolute atomic E-state index is 0.268. The Morgan fingerprint density at radius 2 is 1.95 bits per heavy atom. The van der Waals surface area contributed by atoms with Gasteiger partial charge in [-0.2, -0.15) is 17.0 Å². The normalized spacial score (nSPS) is 11.9. The number of carbonyl (C=O) groups is 1. The molecule has 0 aromatic carbocycles. The van der Waals surface area contributed by atoms with Crippen LogP contribution in [0.3, 0.4) is 0 Å². The first-order valence-corrected chi connectivity index (χ1v) is 6.99. The number of nitrogens with zero attached hydrogens (tertiary/aromatic N) is 3. The summed E-state index contributed by atoms with van der Waals surface area (Å²) >= 11 is 0. The molecule has 0 aliphatic carbocycles. The molecular formula is C11H18N4O3S. The maximum Gasteiger partial charge on any atom is 0.281 e. The molecule has 1 aromatic heterocycles. The molecule has 1 N–H and O–H groups in total. The van der Waals surface area contributed by atoms with Gasteiger partial charge in [-0.1, -0.05) is 6.07 Å². The third kappa shape index (κ3) is 4.27. The van der Waals surface area contributed by atoms with Crippen LogP contribution in [0.2, 0.25) is 0 Å². The second kappa shape index (κ2) is 6.09. The highest BCUT2D eigenvalue weighted by molar-refractivity contribution is 7.86. The van der Waals surface area contributed by atoms with Crippen molar-refractivity contribution in [1.82, 2.24) is 13.6 Å². The lowest BCUT2D eigenvalue weighted by Crippen LogP contribution is -2.41. The monoisotopic (exact) mass is 286 g/mol. The molecule has 0 fully saturated rings. The first-order valence-electron chi connectivity index (χ1n) is 5.60. The highest BCUT2D eigenvalue weighted by Gasteiger charge is 2.22. The molecule has 8 heteroatoms. The average molecular weight is 286 g/mol. The Morgan fingerprint density at radius 1 is 1.32 bits per heavy atom. The number of hydrogen-bond donors (Lipinski definition) is 1. The maximum atomic E-state index is 11.7. The van der Waals surface area contributed by atoms with Gasteiger partial charge in [-0.25, -0.2) is 4.98 Å². The molecule has 1 aromatic rings. The predicted molar refractivity (Wildman–Crippen MR) is 72.8 cm³/mol. The summed E-state index contributed by atoms with van der Waals surface area (Å²) in [5.41, 5.74) is 0.977. The quantitative estimate of drug-likeness (QED) is 0.830. The predicted octanol–water partition coefficient (Wildman–Crippen LogP) is 0.0667. The van der Waals surface area contributed by atoms with E-state index in [9.17, 15) is 13.2 Å². The van der Waals surface area contributed by atoms with Crippen LogP contribution in [-0.4, -0.2) is 55.6 Å². The van der Waals surface area contributed by atoms with E-state index in [1.807, 2.05) is 13.0 Å². The number of pyridine rings is 1. The van der Waals surface area contributed by atoms with Gasteiger partial charge in [-0.05, 0) is 18.6 Å². The number of anilines is 1. The molecule has 106 valence electrons. The Balaban J connectivity index is 2.64. The standard InChI is InChI=1S/C11H18N4O3S/c1-9-5-6-10(12-7-9)13-11(16)8-15(4)19(17,18)14(2)3/h5-7H,8H2,1-4H3,(H,12,13,16). The van der Waals surface area contributed by atoms with E-state index in [-0.39, 0.29) is 6.54 Å². The zero-order valence-electron chi connectivity index (χ0n) is 11.4. The van der Waals surface area contributed by atoms with E-state index in [0.29, 0.717) is 5.82 Å². The van der Waals surface area contributed by atoms with Crippen molar-refractivity contribution in [3.8, 4) is 0 Å². The second-order valence-corrected chi connectivity index (χ2v) is 6.56. The van der Waals surface area contributed by atoms with Crippen LogP contribution < -0.4 is 5.32 Å². The number of carbonyl (C=O) groups excluding carboxylic acids is 1. The van der Waals surface area contributed by atoms with Crippen LogP contribution >= 0.6 is 0 Å². The summed E-state index contributed by atoms with van der Waals surface area (Å²) in [6.45, 7) is 1.62. The first kappa shape index (κ1) is 15.5. The summed E-state index contributed by atoms with van der Waals surface area (Å²) in [5.74, 6) is -0.0458. The molecule has 0 radical (unpaired) electrons. The largest absolute Gasteiger partial charge is 0.310 e. The van der Waals surface area contributed by atoms with Gasteiger partial charge < -0.3 is 5.32 Å². The summed E-state index contributed by atoms with van der Waals surface area (Å²) in [5, 5.41) is 2.54. The molecular weight excluding hydrogens is 268 g/mol. The number of amides is 1. The summed E-state index contributed by atoms with van der Waals surface area (Å²) in [6.07, 6.45) is 1.62. The minimum atomic E-state index is -3.59. The molecule has 0 saturated heterocycles. The van der Waals surface area contributed by atoms with Gasteiger partial charge in [0.15, 0.2) is 0 Å². The van der Waals surface area contributed by atoms with Crippen molar-refractivity contribution in [2.75, 3.05) is 33.0 Å². The Labute approximate surface area is 113 Å². The van der Waals surface area contributed by atoms with Crippen LogP contribution in [0, 0.1) is 6.92 Å². The van der Waals surface area contributed by atoms with Crippen LogP contribution in [0.25, 0.3) is 0 Å². The summed E-state index contributed by atoms with van der Waals surface area (Å²) in [4.78, 5) is 15.7. The van der Waals surface area contributed by atoms with E-state index in [1.165, 1.54) is 21.1 Å². The highest BCUT2D eigenvalue weighted by atomic mass is 32.2. The molecule has 0 atom stereocenters. The van der Waals surface area contributed by atoms with Crippen molar-refractivity contribution >= 4 is 21.9 Å². The lowest BCUT2D eigenvalue weighted by atomic mass is 10.3. The molecule has 7 nitrogen and oxygen atoms in total. The minimum Gasteiger partial charge on any atom is -0.310 e. The summed E-state index contributed by atoms with van der Waals surface area (Å²) in [7, 11) is 0.575. The number of nitrogens with one attached hydrogen (secondary N) is 1. The Bertz CT molecular complexity index is 540. The highest BCUT2D eigenvalue weighted by Crippen LogP contribution is 2.05. The van der Waals surface area contributed by atoms with E-state index >= 15 is 0 Å². The lowest BCUT2D eigenvalue weighted by Gasteiger charge is -2.20. The van der Waals surface area contributed by atoms with Gasteiger partial charge in [-0.15, -0.1) is 0 Å². The second-order valence-electron chi connectivity index (χ2n) is 4.32. The number of aryl methyl sites for hydroxylation is 1. The maximum absolute atomic E-state index is 11.7. The van der Waals surface area contributed by atoms with Gasteiger partial charge in [0.25, 0.3) is 10.2 Å². The molecule has 0 unspecified atom stereocenters. The molecule has 19 heavy (non-hydrogen) atoms. The lowest BCUT2D eigenvalue weighted by molar-refractivity contribution is -0.116. The van der Waals surface area contributed by atoms with Gasteiger partial charge in [0.05, 0.1) is 6.54 Å². The Hall–Kier alpha value is -1.51. The van der Waals surface area contributed by atoms with E-state index in [2.05, 4.69) is 10.3 Å². The fraction of sp³-hybridized carbons (Fsp3) is 0.455. The molecule has 0 saturated carbocycles. The fourth-order valence-corrected chi connectivity index (χ4v) is 2.12. The van der Waals surface area contributed by atoms with Crippen molar-refractivity contribution in [3.05, 3.63) is 23.9 Å². The molecule has 1 rings (SSSR count). The molecule has 1 heterocycles. The van der Waals surface area contributed by atoms with Crippen molar-refractivity contribution in [2.45, 2.75) is 6.92 Å². The van der Waals surface area contributed by atoms with E-state index in [4.69, 9.17) is 0 Å². The zero-order valence-corrected chi connectivity index (χ0v) is 12.2.